The maximum absolute atomic E-state index is 12.7. The van der Waals surface area contributed by atoms with E-state index in [1.54, 1.807) is 0 Å². The Morgan fingerprint density at radius 2 is 1.60 bits per heavy atom. The van der Waals surface area contributed by atoms with E-state index in [4.69, 9.17) is 0 Å². The molecular weight excluding hydrogens is 398 g/mol. The summed E-state index contributed by atoms with van der Waals surface area (Å²) in [5.41, 5.74) is 1.76. The third-order valence-electron chi connectivity index (χ3n) is 6.27. The van der Waals surface area contributed by atoms with Gasteiger partial charge in [-0.1, -0.05) is 75.4 Å². The molecule has 0 amide bonds. The molecular formula is C26H32F2OS. The van der Waals surface area contributed by atoms with Crippen molar-refractivity contribution in [3.63, 3.8) is 0 Å². The SMILES string of the molecule is CCCCCCC1CCC(c2ccc(SC(=O)c3ccc(C(F)F)cc3)cc2)CC1. The lowest BCUT2D eigenvalue weighted by atomic mass is 9.77. The molecule has 0 spiro atoms. The third-order valence-corrected chi connectivity index (χ3v) is 7.20. The Hall–Kier alpha value is -1.68. The van der Waals surface area contributed by atoms with Crippen molar-refractivity contribution < 1.29 is 13.6 Å². The van der Waals surface area contributed by atoms with Crippen LogP contribution in [0, 0.1) is 5.92 Å². The number of hydrogen-bond acceptors (Lipinski definition) is 2. The van der Waals surface area contributed by atoms with Crippen LogP contribution in [-0.4, -0.2) is 5.12 Å². The first-order chi connectivity index (χ1) is 14.6. The van der Waals surface area contributed by atoms with Crippen LogP contribution in [0.15, 0.2) is 53.4 Å². The summed E-state index contributed by atoms with van der Waals surface area (Å²) in [6, 6.07) is 13.9. The van der Waals surface area contributed by atoms with Gasteiger partial charge in [0.05, 0.1) is 0 Å². The molecule has 30 heavy (non-hydrogen) atoms. The Bertz CT molecular complexity index is 778. The van der Waals surface area contributed by atoms with Gasteiger partial charge in [0.1, 0.15) is 0 Å². The van der Waals surface area contributed by atoms with Crippen LogP contribution in [0.3, 0.4) is 0 Å². The summed E-state index contributed by atoms with van der Waals surface area (Å²) < 4.78 is 25.3. The molecule has 1 aliphatic rings. The zero-order valence-electron chi connectivity index (χ0n) is 17.8. The second kappa shape index (κ2) is 11.6. The van der Waals surface area contributed by atoms with Gasteiger partial charge in [-0.3, -0.25) is 4.79 Å². The van der Waals surface area contributed by atoms with Gasteiger partial charge in [0, 0.05) is 16.0 Å². The Labute approximate surface area is 183 Å². The Morgan fingerprint density at radius 3 is 2.20 bits per heavy atom. The molecule has 0 atom stereocenters. The second-order valence-corrected chi connectivity index (χ2v) is 9.49. The molecule has 162 valence electrons. The van der Waals surface area contributed by atoms with Crippen LogP contribution < -0.4 is 0 Å². The number of hydrogen-bond donors (Lipinski definition) is 0. The summed E-state index contributed by atoms with van der Waals surface area (Å²) in [5, 5.41) is -0.118. The Morgan fingerprint density at radius 1 is 0.933 bits per heavy atom. The van der Waals surface area contributed by atoms with Gasteiger partial charge in [-0.05, 0) is 67.0 Å². The number of carbonyl (C=O) groups excluding carboxylic acids is 1. The lowest BCUT2D eigenvalue weighted by Crippen LogP contribution is -2.13. The summed E-state index contributed by atoms with van der Waals surface area (Å²) in [7, 11) is 0. The molecule has 0 aliphatic heterocycles. The highest BCUT2D eigenvalue weighted by Gasteiger charge is 2.22. The molecule has 4 heteroatoms. The van der Waals surface area contributed by atoms with Gasteiger partial charge >= 0.3 is 0 Å². The fraction of sp³-hybridized carbons (Fsp3) is 0.500. The molecule has 1 aliphatic carbocycles. The van der Waals surface area contributed by atoms with E-state index in [-0.39, 0.29) is 10.7 Å². The molecule has 0 bridgehead atoms. The maximum Gasteiger partial charge on any atom is 0.263 e. The molecule has 0 unspecified atom stereocenters. The van der Waals surface area contributed by atoms with Gasteiger partial charge in [0.15, 0.2) is 0 Å². The van der Waals surface area contributed by atoms with E-state index in [1.807, 2.05) is 12.1 Å². The van der Waals surface area contributed by atoms with Crippen LogP contribution in [0.1, 0.15) is 98.5 Å². The molecule has 0 saturated heterocycles. The average Bonchev–Trinajstić information content (AvgIpc) is 2.78. The van der Waals surface area contributed by atoms with Gasteiger partial charge in [0.25, 0.3) is 6.43 Å². The van der Waals surface area contributed by atoms with Crippen molar-refractivity contribution in [2.45, 2.75) is 81.9 Å². The van der Waals surface area contributed by atoms with E-state index in [9.17, 15) is 13.6 Å². The highest BCUT2D eigenvalue weighted by atomic mass is 32.2. The van der Waals surface area contributed by atoms with E-state index in [0.717, 1.165) is 22.6 Å². The first kappa shape index (κ1) is 23.0. The molecule has 2 aromatic rings. The zero-order valence-corrected chi connectivity index (χ0v) is 18.6. The first-order valence-corrected chi connectivity index (χ1v) is 12.1. The fourth-order valence-corrected chi connectivity index (χ4v) is 5.12. The summed E-state index contributed by atoms with van der Waals surface area (Å²) in [6.45, 7) is 2.26. The minimum absolute atomic E-state index is 0.0587. The largest absolute Gasteiger partial charge is 0.281 e. The third kappa shape index (κ3) is 6.66. The van der Waals surface area contributed by atoms with E-state index < -0.39 is 6.43 Å². The Balaban J connectivity index is 1.47. The van der Waals surface area contributed by atoms with Crippen LogP contribution in [-0.2, 0) is 0 Å². The molecule has 1 saturated carbocycles. The number of alkyl halides is 2. The Kier molecular flexibility index (Phi) is 8.92. The van der Waals surface area contributed by atoms with Gasteiger partial charge in [0.2, 0.25) is 5.12 Å². The van der Waals surface area contributed by atoms with Gasteiger partial charge in [-0.15, -0.1) is 0 Å². The fourth-order valence-electron chi connectivity index (χ4n) is 4.38. The topological polar surface area (TPSA) is 17.1 Å². The molecule has 1 fully saturated rings. The van der Waals surface area contributed by atoms with E-state index in [0.29, 0.717) is 11.5 Å². The molecule has 3 rings (SSSR count). The van der Waals surface area contributed by atoms with Crippen molar-refractivity contribution in [3.8, 4) is 0 Å². The van der Waals surface area contributed by atoms with Crippen LogP contribution in [0.25, 0.3) is 0 Å². The number of thioether (sulfide) groups is 1. The minimum Gasteiger partial charge on any atom is -0.281 e. The predicted octanol–water partition coefficient (Wildman–Crippen LogP) is 8.80. The van der Waals surface area contributed by atoms with Crippen LogP contribution in [0.2, 0.25) is 0 Å². The summed E-state index contributed by atoms with van der Waals surface area (Å²) in [6.07, 6.45) is 9.51. The standard InChI is InChI=1S/C26H32F2OS/c1-2-3-4-5-6-19-7-9-20(10-8-19)21-15-17-24(18-16-21)30-26(29)23-13-11-22(12-14-23)25(27)28/h11-20,25H,2-10H2,1H3. The van der Waals surface area contributed by atoms with E-state index >= 15 is 0 Å². The number of halogens is 2. The maximum atomic E-state index is 12.7. The summed E-state index contributed by atoms with van der Waals surface area (Å²) >= 11 is 1.15. The smallest absolute Gasteiger partial charge is 0.263 e. The molecule has 2 aromatic carbocycles. The molecule has 0 radical (unpaired) electrons. The highest BCUT2D eigenvalue weighted by molar-refractivity contribution is 8.14. The van der Waals surface area contributed by atoms with Crippen LogP contribution in [0.4, 0.5) is 8.78 Å². The molecule has 0 aromatic heterocycles. The van der Waals surface area contributed by atoms with Gasteiger partial charge < -0.3 is 0 Å². The highest BCUT2D eigenvalue weighted by Crippen LogP contribution is 2.38. The number of benzene rings is 2. The normalized spacial score (nSPS) is 19.2. The van der Waals surface area contributed by atoms with Crippen molar-refractivity contribution in [1.29, 1.82) is 0 Å². The number of rotatable bonds is 9. The molecule has 1 nitrogen and oxygen atoms in total. The monoisotopic (exact) mass is 430 g/mol. The predicted molar refractivity (Wildman–Crippen MR) is 121 cm³/mol. The lowest BCUT2D eigenvalue weighted by molar-refractivity contribution is 0.108. The van der Waals surface area contributed by atoms with Crippen molar-refractivity contribution in [2.75, 3.05) is 0 Å². The molecule has 0 N–H and O–H groups in total. The van der Waals surface area contributed by atoms with Gasteiger partial charge in [-0.2, -0.15) is 0 Å². The minimum atomic E-state index is -2.51. The second-order valence-electron chi connectivity index (χ2n) is 8.45. The summed E-state index contributed by atoms with van der Waals surface area (Å²) in [4.78, 5) is 13.3. The zero-order chi connectivity index (χ0) is 21.3. The van der Waals surface area contributed by atoms with Crippen LogP contribution in [0.5, 0.6) is 0 Å². The molecule has 0 heterocycles. The van der Waals surface area contributed by atoms with Crippen molar-refractivity contribution in [2.24, 2.45) is 5.92 Å². The number of carbonyl (C=O) groups is 1. The first-order valence-electron chi connectivity index (χ1n) is 11.3. The van der Waals surface area contributed by atoms with Crippen LogP contribution >= 0.6 is 11.8 Å². The van der Waals surface area contributed by atoms with Gasteiger partial charge in [-0.25, -0.2) is 8.78 Å². The lowest BCUT2D eigenvalue weighted by Gasteiger charge is -2.29. The summed E-state index contributed by atoms with van der Waals surface area (Å²) in [5.74, 6) is 1.54. The average molecular weight is 431 g/mol. The van der Waals surface area contributed by atoms with Crippen molar-refractivity contribution in [1.82, 2.24) is 0 Å². The number of unbranched alkanes of at least 4 members (excludes halogenated alkanes) is 3. The van der Waals surface area contributed by atoms with E-state index in [1.165, 1.54) is 87.6 Å². The van der Waals surface area contributed by atoms with Crippen molar-refractivity contribution >= 4 is 16.9 Å². The van der Waals surface area contributed by atoms with E-state index in [2.05, 4.69) is 19.1 Å². The quantitative estimate of drug-likeness (QED) is 0.292. The van der Waals surface area contributed by atoms with Crippen molar-refractivity contribution in [3.05, 3.63) is 65.2 Å².